The topological polar surface area (TPSA) is 0 Å². The van der Waals surface area contributed by atoms with E-state index in [1.54, 1.807) is 5.54 Å². The van der Waals surface area contributed by atoms with Crippen molar-refractivity contribution in [1.82, 2.24) is 0 Å². The van der Waals surface area contributed by atoms with Gasteiger partial charge in [0.05, 0.1) is 0 Å². The van der Waals surface area contributed by atoms with Crippen LogP contribution in [0.25, 0.3) is 0 Å². The Hall–Kier alpha value is -0.753. The summed E-state index contributed by atoms with van der Waals surface area (Å²) in [5.41, 5.74) is 4.82. The summed E-state index contributed by atoms with van der Waals surface area (Å²) < 4.78 is 0. The first-order chi connectivity index (χ1) is 8.12. The van der Waals surface area contributed by atoms with Crippen molar-refractivity contribution in [1.29, 1.82) is 0 Å². The minimum absolute atomic E-state index is 1.12. The van der Waals surface area contributed by atoms with Crippen molar-refractivity contribution in [2.24, 2.45) is 0 Å². The number of allylic oxidation sites excluding steroid dienone is 1. The molecule has 0 amide bonds. The predicted molar refractivity (Wildman–Crippen MR) is 80.5 cm³/mol. The molecule has 0 unspecified atom stereocenters. The lowest BCUT2D eigenvalue weighted by Crippen LogP contribution is -2.43. The highest BCUT2D eigenvalue weighted by Crippen LogP contribution is 2.20. The second kappa shape index (κ2) is 6.86. The predicted octanol–water partition coefficient (Wildman–Crippen LogP) is 4.61. The smallest absolute Gasteiger partial charge is 0.113 e. The van der Waals surface area contributed by atoms with Crippen molar-refractivity contribution in [3.8, 4) is 0 Å². The molecule has 17 heavy (non-hydrogen) atoms. The Morgan fingerprint density at radius 3 is 2.47 bits per heavy atom. The van der Waals surface area contributed by atoms with Crippen LogP contribution in [-0.4, -0.2) is 8.07 Å². The highest BCUT2D eigenvalue weighted by molar-refractivity contribution is 6.95. The number of benzene rings is 1. The number of hydrogen-bond donors (Lipinski definition) is 0. The number of halogens is 1. The van der Waals surface area contributed by atoms with Gasteiger partial charge in [-0.3, -0.25) is 0 Å². The van der Waals surface area contributed by atoms with Crippen molar-refractivity contribution in [2.75, 3.05) is 0 Å². The maximum Gasteiger partial charge on any atom is 0.116 e. The lowest BCUT2D eigenvalue weighted by molar-refractivity contribution is 0.804. The van der Waals surface area contributed by atoms with Gasteiger partial charge in [0.15, 0.2) is 0 Å². The Morgan fingerprint density at radius 1 is 1.29 bits per heavy atom. The van der Waals surface area contributed by atoms with Gasteiger partial charge in [0.2, 0.25) is 0 Å². The van der Waals surface area contributed by atoms with Crippen molar-refractivity contribution >= 4 is 24.9 Å². The fourth-order valence-corrected chi connectivity index (χ4v) is 4.85. The van der Waals surface area contributed by atoms with Crippen LogP contribution in [0.15, 0.2) is 46.8 Å². The van der Waals surface area contributed by atoms with Gasteiger partial charge in [0.25, 0.3) is 0 Å². The van der Waals surface area contributed by atoms with E-state index >= 15 is 0 Å². The van der Waals surface area contributed by atoms with Crippen LogP contribution in [0.3, 0.4) is 0 Å². The third-order valence-corrected chi connectivity index (χ3v) is 7.05. The Balaban J connectivity index is 3.05. The number of hydrogen-bond acceptors (Lipinski definition) is 0. The van der Waals surface area contributed by atoms with E-state index in [0.29, 0.717) is 0 Å². The molecule has 0 bridgehead atoms. The Morgan fingerprint density at radius 2 is 1.94 bits per heavy atom. The molecule has 0 aromatic heterocycles. The molecule has 1 aromatic rings. The van der Waals surface area contributed by atoms with Crippen molar-refractivity contribution < 1.29 is 0 Å². The van der Waals surface area contributed by atoms with Gasteiger partial charge < -0.3 is 0 Å². The standard InChI is InChI=1S/C15H21ClSi/c1-4-5-9-15(12-13-16)17(2,3)14-10-7-6-8-11-14/h6-8,10-11,13H,4-5,9H2,1-3H3. The van der Waals surface area contributed by atoms with Gasteiger partial charge in [-0.05, 0) is 18.0 Å². The van der Waals surface area contributed by atoms with E-state index in [4.69, 9.17) is 11.6 Å². The average molecular weight is 265 g/mol. The molecule has 0 saturated heterocycles. The fraction of sp³-hybridized carbons (Fsp3) is 0.400. The first kappa shape index (κ1) is 14.3. The van der Waals surface area contributed by atoms with E-state index in [1.807, 2.05) is 0 Å². The first-order valence-corrected chi connectivity index (χ1v) is 9.66. The van der Waals surface area contributed by atoms with Gasteiger partial charge in [-0.1, -0.05) is 73.6 Å². The maximum atomic E-state index is 5.73. The molecule has 0 heterocycles. The molecule has 0 N–H and O–H groups in total. The van der Waals surface area contributed by atoms with E-state index in [-0.39, 0.29) is 0 Å². The second-order valence-electron chi connectivity index (χ2n) is 4.83. The fourth-order valence-electron chi connectivity index (χ4n) is 2.01. The molecule has 0 radical (unpaired) electrons. The largest absolute Gasteiger partial charge is 0.116 e. The SMILES string of the molecule is CCCCC(=C=CCl)[Si](C)(C)c1ccccc1. The number of unbranched alkanes of at least 4 members (excludes halogenated alkanes) is 1. The summed E-state index contributed by atoms with van der Waals surface area (Å²) in [6.07, 6.45) is 3.55. The third kappa shape index (κ3) is 3.88. The Kier molecular flexibility index (Phi) is 5.77. The summed E-state index contributed by atoms with van der Waals surface area (Å²) in [7, 11) is -1.58. The monoisotopic (exact) mass is 264 g/mol. The van der Waals surface area contributed by atoms with Crippen LogP contribution in [0.5, 0.6) is 0 Å². The summed E-state index contributed by atoms with van der Waals surface area (Å²) >= 11 is 5.73. The maximum absolute atomic E-state index is 5.73. The summed E-state index contributed by atoms with van der Waals surface area (Å²) in [5, 5.41) is 2.87. The van der Waals surface area contributed by atoms with Crippen LogP contribution in [0.1, 0.15) is 26.2 Å². The van der Waals surface area contributed by atoms with E-state index in [0.717, 1.165) is 6.42 Å². The van der Waals surface area contributed by atoms with E-state index in [2.05, 4.69) is 56.1 Å². The minimum atomic E-state index is -1.58. The zero-order chi connectivity index (χ0) is 12.7. The second-order valence-corrected chi connectivity index (χ2v) is 9.48. The first-order valence-electron chi connectivity index (χ1n) is 6.23. The van der Waals surface area contributed by atoms with Crippen LogP contribution in [0.4, 0.5) is 0 Å². The molecule has 0 spiro atoms. The lowest BCUT2D eigenvalue weighted by Gasteiger charge is -2.25. The Bertz CT molecular complexity index is 400. The normalized spacial score (nSPS) is 10.8. The highest BCUT2D eigenvalue weighted by atomic mass is 35.5. The third-order valence-electron chi connectivity index (χ3n) is 3.26. The molecule has 0 aliphatic heterocycles. The summed E-state index contributed by atoms with van der Waals surface area (Å²) in [5.74, 6) is 0. The van der Waals surface area contributed by atoms with Crippen LogP contribution < -0.4 is 5.19 Å². The molecule has 2 heteroatoms. The zero-order valence-corrected chi connectivity index (χ0v) is 12.7. The van der Waals surface area contributed by atoms with Crippen LogP contribution >= 0.6 is 11.6 Å². The lowest BCUT2D eigenvalue weighted by atomic mass is 10.2. The average Bonchev–Trinajstić information content (AvgIpc) is 2.35. The molecule has 0 saturated carbocycles. The number of rotatable bonds is 5. The Labute approximate surface area is 111 Å². The van der Waals surface area contributed by atoms with Gasteiger partial charge in [-0.25, -0.2) is 0 Å². The van der Waals surface area contributed by atoms with Crippen LogP contribution in [0.2, 0.25) is 13.1 Å². The summed E-state index contributed by atoms with van der Waals surface area (Å²) in [6.45, 7) is 6.97. The molecule has 1 aromatic carbocycles. The molecule has 92 valence electrons. The van der Waals surface area contributed by atoms with Crippen molar-refractivity contribution in [3.05, 3.63) is 46.8 Å². The van der Waals surface area contributed by atoms with Crippen molar-refractivity contribution in [3.63, 3.8) is 0 Å². The zero-order valence-electron chi connectivity index (χ0n) is 11.0. The van der Waals surface area contributed by atoms with Gasteiger partial charge >= 0.3 is 0 Å². The van der Waals surface area contributed by atoms with Crippen LogP contribution in [-0.2, 0) is 0 Å². The molecule has 0 atom stereocenters. The van der Waals surface area contributed by atoms with Gasteiger partial charge in [0.1, 0.15) is 8.07 Å². The molecule has 0 aliphatic carbocycles. The van der Waals surface area contributed by atoms with Crippen LogP contribution in [0, 0.1) is 0 Å². The van der Waals surface area contributed by atoms with Gasteiger partial charge in [-0.15, -0.1) is 5.73 Å². The van der Waals surface area contributed by atoms with E-state index < -0.39 is 8.07 Å². The van der Waals surface area contributed by atoms with Crippen molar-refractivity contribution in [2.45, 2.75) is 39.3 Å². The molecule has 0 nitrogen and oxygen atoms in total. The van der Waals surface area contributed by atoms with Gasteiger partial charge in [-0.2, -0.15) is 0 Å². The highest BCUT2D eigenvalue weighted by Gasteiger charge is 2.27. The molecule has 0 aliphatic rings. The van der Waals surface area contributed by atoms with E-state index in [1.165, 1.54) is 23.2 Å². The quantitative estimate of drug-likeness (QED) is 0.538. The molecular weight excluding hydrogens is 244 g/mol. The summed E-state index contributed by atoms with van der Waals surface area (Å²) in [4.78, 5) is 0. The molecular formula is C15H21ClSi. The minimum Gasteiger partial charge on any atom is -0.113 e. The summed E-state index contributed by atoms with van der Waals surface area (Å²) in [6, 6.07) is 10.8. The van der Waals surface area contributed by atoms with Gasteiger partial charge in [0, 0.05) is 5.54 Å². The molecule has 0 fully saturated rings. The van der Waals surface area contributed by atoms with E-state index in [9.17, 15) is 0 Å². The molecule has 1 rings (SSSR count).